The van der Waals surface area contributed by atoms with Crippen molar-refractivity contribution in [3.63, 3.8) is 0 Å². The minimum atomic E-state index is -5.08. The number of rotatable bonds is 7. The Labute approximate surface area is 184 Å². The standard InChI is InChI=1S/C16H19N3O3S2.C2HF3O2/c17-4-6-23-9-10-8-18-5-3-12(10)24-13-2-1-11-7-14(20)19(11)15(13)16(21)22;3-2(4,5)1(6)7/h3,5,8,11H,1-2,4,6-7,9,17H2,(H,21,22);(H,6,7). The third-order valence-corrected chi connectivity index (χ3v) is 6.61. The number of allylic oxidation sites excluding steroid dienone is 1. The fraction of sp³-hybridized carbons (Fsp3) is 0.444. The number of carbonyl (C=O) groups excluding carboxylic acids is 1. The summed E-state index contributed by atoms with van der Waals surface area (Å²) < 4.78 is 31.7. The number of carboxylic acid groups (broad SMARTS) is 2. The fourth-order valence-electron chi connectivity index (χ4n) is 2.91. The third kappa shape index (κ3) is 6.61. The Balaban J connectivity index is 0.000000423. The van der Waals surface area contributed by atoms with Gasteiger partial charge in [0.1, 0.15) is 5.70 Å². The van der Waals surface area contributed by atoms with Crippen molar-refractivity contribution in [3.8, 4) is 0 Å². The molecule has 3 heterocycles. The molecule has 1 saturated heterocycles. The Morgan fingerprint density at radius 3 is 2.55 bits per heavy atom. The highest BCUT2D eigenvalue weighted by Crippen LogP contribution is 2.43. The molecule has 1 atom stereocenters. The molecule has 0 aliphatic carbocycles. The van der Waals surface area contributed by atoms with Gasteiger partial charge in [0.25, 0.3) is 0 Å². The van der Waals surface area contributed by atoms with Gasteiger partial charge in [0.15, 0.2) is 0 Å². The van der Waals surface area contributed by atoms with E-state index in [1.165, 1.54) is 16.7 Å². The molecule has 1 aromatic rings. The van der Waals surface area contributed by atoms with Crippen LogP contribution in [0.4, 0.5) is 13.2 Å². The van der Waals surface area contributed by atoms with Crippen molar-refractivity contribution in [1.29, 1.82) is 0 Å². The van der Waals surface area contributed by atoms with E-state index in [4.69, 9.17) is 15.6 Å². The van der Waals surface area contributed by atoms with Gasteiger partial charge >= 0.3 is 18.1 Å². The number of hydrogen-bond donors (Lipinski definition) is 3. The molecule has 13 heteroatoms. The van der Waals surface area contributed by atoms with Crippen LogP contribution in [0.2, 0.25) is 0 Å². The van der Waals surface area contributed by atoms with Crippen LogP contribution in [0.5, 0.6) is 0 Å². The maximum atomic E-state index is 11.8. The van der Waals surface area contributed by atoms with E-state index in [9.17, 15) is 27.9 Å². The van der Waals surface area contributed by atoms with E-state index in [0.717, 1.165) is 33.3 Å². The van der Waals surface area contributed by atoms with Crippen molar-refractivity contribution in [2.45, 2.75) is 42.1 Å². The quantitative estimate of drug-likeness (QED) is 0.399. The average Bonchev–Trinajstić information content (AvgIpc) is 2.69. The van der Waals surface area contributed by atoms with Gasteiger partial charge in [-0.25, -0.2) is 9.59 Å². The second-order valence-corrected chi connectivity index (χ2v) is 8.71. The average molecular weight is 480 g/mol. The number of alkyl halides is 3. The van der Waals surface area contributed by atoms with Crippen LogP contribution in [0, 0.1) is 0 Å². The second-order valence-electron chi connectivity index (χ2n) is 6.47. The Morgan fingerprint density at radius 1 is 1.32 bits per heavy atom. The first-order valence-corrected chi connectivity index (χ1v) is 11.0. The maximum absolute atomic E-state index is 11.8. The van der Waals surface area contributed by atoms with Gasteiger partial charge in [0.05, 0.1) is 0 Å². The number of aliphatic carboxylic acids is 2. The normalized spacial score (nSPS) is 18.0. The van der Waals surface area contributed by atoms with Gasteiger partial charge in [-0.3, -0.25) is 9.78 Å². The highest BCUT2D eigenvalue weighted by molar-refractivity contribution is 8.03. The SMILES string of the molecule is NCCSCc1cnccc1SC1=C(C(=O)O)N2C(=O)CC2CC1.O=C(O)C(F)(F)F. The Kier molecular flexibility index (Phi) is 8.77. The molecule has 4 N–H and O–H groups in total. The lowest BCUT2D eigenvalue weighted by Crippen LogP contribution is -2.55. The van der Waals surface area contributed by atoms with Crippen LogP contribution >= 0.6 is 23.5 Å². The molecule has 0 radical (unpaired) electrons. The predicted molar refractivity (Wildman–Crippen MR) is 108 cm³/mol. The third-order valence-electron chi connectivity index (χ3n) is 4.31. The summed E-state index contributed by atoms with van der Waals surface area (Å²) in [4.78, 5) is 39.8. The zero-order valence-electron chi connectivity index (χ0n) is 16.1. The van der Waals surface area contributed by atoms with Gasteiger partial charge in [-0.05, 0) is 24.5 Å². The van der Waals surface area contributed by atoms with E-state index in [-0.39, 0.29) is 17.6 Å². The van der Waals surface area contributed by atoms with E-state index in [0.29, 0.717) is 19.4 Å². The van der Waals surface area contributed by atoms with Gasteiger partial charge in [-0.1, -0.05) is 11.8 Å². The number of carboxylic acids is 2. The Hall–Kier alpha value is -2.25. The number of amides is 1. The summed E-state index contributed by atoms with van der Waals surface area (Å²) in [5, 5.41) is 16.7. The molecule has 3 rings (SSSR count). The first kappa shape index (κ1) is 25.0. The summed E-state index contributed by atoms with van der Waals surface area (Å²) in [7, 11) is 0. The molecule has 0 aromatic carbocycles. The highest BCUT2D eigenvalue weighted by atomic mass is 32.2. The largest absolute Gasteiger partial charge is 0.490 e. The summed E-state index contributed by atoms with van der Waals surface area (Å²) in [6, 6.07) is 1.96. The first-order valence-electron chi connectivity index (χ1n) is 9.03. The number of aromatic nitrogens is 1. The lowest BCUT2D eigenvalue weighted by Gasteiger charge is -2.44. The lowest BCUT2D eigenvalue weighted by molar-refractivity contribution is -0.192. The molecule has 1 unspecified atom stereocenters. The molecule has 8 nitrogen and oxygen atoms in total. The monoisotopic (exact) mass is 479 g/mol. The molecule has 1 amide bonds. The summed E-state index contributed by atoms with van der Waals surface area (Å²) in [6.07, 6.45) is 0.421. The zero-order valence-corrected chi connectivity index (χ0v) is 17.7. The second kappa shape index (κ2) is 10.9. The smallest absolute Gasteiger partial charge is 0.477 e. The highest BCUT2D eigenvalue weighted by Gasteiger charge is 2.44. The number of fused-ring (bicyclic) bond motifs is 1. The summed E-state index contributed by atoms with van der Waals surface area (Å²) in [5.41, 5.74) is 6.75. The molecule has 2 aliphatic heterocycles. The predicted octanol–water partition coefficient (Wildman–Crippen LogP) is 2.69. The number of nitrogens with two attached hydrogens (primary N) is 1. The number of halogens is 3. The molecule has 0 bridgehead atoms. The topological polar surface area (TPSA) is 134 Å². The van der Waals surface area contributed by atoms with E-state index in [2.05, 4.69) is 4.98 Å². The van der Waals surface area contributed by atoms with Gasteiger partial charge in [-0.2, -0.15) is 24.9 Å². The van der Waals surface area contributed by atoms with Crippen LogP contribution in [-0.4, -0.2) is 62.5 Å². The fourth-order valence-corrected chi connectivity index (χ4v) is 4.92. The van der Waals surface area contributed by atoms with Gasteiger partial charge in [0.2, 0.25) is 5.91 Å². The van der Waals surface area contributed by atoms with Crippen molar-refractivity contribution >= 4 is 41.4 Å². The van der Waals surface area contributed by atoms with E-state index < -0.39 is 18.1 Å². The molecular weight excluding hydrogens is 459 g/mol. The van der Waals surface area contributed by atoms with Crippen LogP contribution in [0.25, 0.3) is 0 Å². The van der Waals surface area contributed by atoms with Gasteiger partial charge < -0.3 is 20.8 Å². The van der Waals surface area contributed by atoms with Crippen molar-refractivity contribution in [2.75, 3.05) is 12.3 Å². The van der Waals surface area contributed by atoms with E-state index in [1.54, 1.807) is 18.0 Å². The maximum Gasteiger partial charge on any atom is 0.490 e. The van der Waals surface area contributed by atoms with Crippen LogP contribution in [0.3, 0.4) is 0 Å². The Morgan fingerprint density at radius 2 is 2.00 bits per heavy atom. The van der Waals surface area contributed by atoms with Gasteiger partial charge in [0, 0.05) is 52.7 Å². The molecule has 170 valence electrons. The van der Waals surface area contributed by atoms with E-state index in [1.807, 2.05) is 12.3 Å². The van der Waals surface area contributed by atoms with Crippen molar-refractivity contribution in [2.24, 2.45) is 5.73 Å². The van der Waals surface area contributed by atoms with Crippen LogP contribution in [-0.2, 0) is 20.1 Å². The summed E-state index contributed by atoms with van der Waals surface area (Å²) in [6.45, 7) is 0.625. The molecule has 31 heavy (non-hydrogen) atoms. The first-order chi connectivity index (χ1) is 14.6. The van der Waals surface area contributed by atoms with Crippen LogP contribution in [0.1, 0.15) is 24.8 Å². The Bertz CT molecular complexity index is 879. The van der Waals surface area contributed by atoms with Crippen LogP contribution < -0.4 is 5.73 Å². The molecule has 2 aliphatic rings. The lowest BCUT2D eigenvalue weighted by atomic mass is 9.91. The van der Waals surface area contributed by atoms with Crippen molar-refractivity contribution in [3.05, 3.63) is 34.6 Å². The minimum Gasteiger partial charge on any atom is -0.477 e. The number of β-lactam (4-membered cyclic amide) rings is 1. The van der Waals surface area contributed by atoms with Crippen molar-refractivity contribution in [1.82, 2.24) is 9.88 Å². The van der Waals surface area contributed by atoms with E-state index >= 15 is 0 Å². The number of hydrogen-bond acceptors (Lipinski definition) is 7. The minimum absolute atomic E-state index is 0.0602. The van der Waals surface area contributed by atoms with Gasteiger partial charge in [-0.15, -0.1) is 0 Å². The summed E-state index contributed by atoms with van der Waals surface area (Å²) in [5.74, 6) is -2.22. The molecular formula is C18H20F3N3O5S2. The van der Waals surface area contributed by atoms with Crippen LogP contribution in [0.15, 0.2) is 34.0 Å². The molecule has 0 saturated carbocycles. The number of carbonyl (C=O) groups is 3. The summed E-state index contributed by atoms with van der Waals surface area (Å²) >= 11 is 3.17. The van der Waals surface area contributed by atoms with Crippen molar-refractivity contribution < 1.29 is 37.8 Å². The number of pyridine rings is 1. The molecule has 0 spiro atoms. The molecule has 1 aromatic heterocycles. The number of thioether (sulfide) groups is 2. The number of nitrogens with zero attached hydrogens (tertiary/aromatic N) is 2. The zero-order chi connectivity index (χ0) is 23.2. The molecule has 1 fully saturated rings.